The summed E-state index contributed by atoms with van der Waals surface area (Å²) in [5, 5.41) is 18.6. The third kappa shape index (κ3) is 2.76. The number of nitriles is 1. The van der Waals surface area contributed by atoms with E-state index in [1.54, 1.807) is 5.92 Å². The van der Waals surface area contributed by atoms with Crippen molar-refractivity contribution in [3.63, 3.8) is 0 Å². The Balaban J connectivity index is 2.73. The Labute approximate surface area is 130 Å². The highest BCUT2D eigenvalue weighted by molar-refractivity contribution is 5.78. The first-order valence-electron chi connectivity index (χ1n) is 6.18. The van der Waals surface area contributed by atoms with Crippen LogP contribution in [-0.2, 0) is 11.8 Å². The number of aromatic nitrogens is 2. The Bertz CT molecular complexity index is 868. The molecular formula is C14H7F6N3O. The average Bonchev–Trinajstić information content (AvgIpc) is 2.87. The van der Waals surface area contributed by atoms with E-state index < -0.39 is 46.8 Å². The lowest BCUT2D eigenvalue weighted by Crippen LogP contribution is -2.43. The normalized spacial score (nSPS) is 14.9. The largest absolute Gasteiger partial charge is 0.425 e. The number of imidazole rings is 1. The van der Waals surface area contributed by atoms with E-state index in [4.69, 9.17) is 11.7 Å². The smallest absolute Gasteiger partial charge is 0.373 e. The van der Waals surface area contributed by atoms with Crippen molar-refractivity contribution in [3.8, 4) is 18.4 Å². The van der Waals surface area contributed by atoms with Crippen molar-refractivity contribution >= 4 is 11.0 Å². The van der Waals surface area contributed by atoms with Crippen molar-refractivity contribution in [1.29, 1.82) is 5.26 Å². The van der Waals surface area contributed by atoms with Gasteiger partial charge in [0.2, 0.25) is 5.60 Å². The predicted octanol–water partition coefficient (Wildman–Crippen LogP) is 3.23. The lowest BCUT2D eigenvalue weighted by molar-refractivity contribution is -0.267. The van der Waals surface area contributed by atoms with Crippen molar-refractivity contribution in [2.45, 2.75) is 24.4 Å². The number of H-pyrrole nitrogens is 1. The number of hydrogen-bond donors (Lipinski definition) is 2. The summed E-state index contributed by atoms with van der Waals surface area (Å²) in [6.45, 7) is 0. The monoisotopic (exact) mass is 347 g/mol. The van der Waals surface area contributed by atoms with Gasteiger partial charge < -0.3 is 10.1 Å². The van der Waals surface area contributed by atoms with E-state index >= 15 is 0 Å². The minimum absolute atomic E-state index is 0.339. The van der Waals surface area contributed by atoms with E-state index in [1.165, 1.54) is 6.07 Å². The quantitative estimate of drug-likeness (QED) is 0.647. The zero-order valence-corrected chi connectivity index (χ0v) is 11.5. The van der Waals surface area contributed by atoms with Crippen molar-refractivity contribution in [3.05, 3.63) is 29.1 Å². The molecule has 1 aromatic carbocycles. The third-order valence-electron chi connectivity index (χ3n) is 3.27. The van der Waals surface area contributed by atoms with Gasteiger partial charge in [0.05, 0.1) is 34.7 Å². The van der Waals surface area contributed by atoms with E-state index in [0.29, 0.717) is 12.1 Å². The van der Waals surface area contributed by atoms with Crippen LogP contribution in [0.15, 0.2) is 12.1 Å². The summed E-state index contributed by atoms with van der Waals surface area (Å²) in [4.78, 5) is 5.47. The number of nitrogens with zero attached hydrogens (tertiary/aromatic N) is 2. The predicted molar refractivity (Wildman–Crippen MR) is 69.2 cm³/mol. The zero-order valence-electron chi connectivity index (χ0n) is 11.5. The first kappa shape index (κ1) is 17.6. The first-order valence-corrected chi connectivity index (χ1v) is 6.18. The Morgan fingerprint density at radius 3 is 2.29 bits per heavy atom. The number of aromatic amines is 1. The van der Waals surface area contributed by atoms with E-state index in [9.17, 15) is 31.4 Å². The summed E-state index contributed by atoms with van der Waals surface area (Å²) in [7, 11) is 0. The van der Waals surface area contributed by atoms with E-state index in [-0.39, 0.29) is 5.52 Å². The van der Waals surface area contributed by atoms with Gasteiger partial charge in [-0.05, 0) is 12.1 Å². The van der Waals surface area contributed by atoms with Gasteiger partial charge in [-0.2, -0.15) is 31.6 Å². The Morgan fingerprint density at radius 1 is 1.21 bits per heavy atom. The second-order valence-electron chi connectivity index (χ2n) is 4.85. The van der Waals surface area contributed by atoms with Crippen molar-refractivity contribution in [1.82, 2.24) is 9.97 Å². The van der Waals surface area contributed by atoms with Crippen LogP contribution in [0.3, 0.4) is 0 Å². The van der Waals surface area contributed by atoms with Gasteiger partial charge in [0.15, 0.2) is 0 Å². The van der Waals surface area contributed by atoms with Crippen LogP contribution < -0.4 is 0 Å². The van der Waals surface area contributed by atoms with Crippen LogP contribution in [0.4, 0.5) is 26.3 Å². The van der Waals surface area contributed by atoms with Gasteiger partial charge in [0, 0.05) is 0 Å². The molecule has 24 heavy (non-hydrogen) atoms. The molecule has 1 unspecified atom stereocenters. The molecule has 4 nitrogen and oxygen atoms in total. The fraction of sp³-hybridized carbons (Fsp3) is 0.286. The van der Waals surface area contributed by atoms with E-state index in [2.05, 4.69) is 4.98 Å². The van der Waals surface area contributed by atoms with Crippen LogP contribution in [-0.4, -0.2) is 21.3 Å². The molecule has 0 fully saturated rings. The fourth-order valence-electron chi connectivity index (χ4n) is 2.05. The Kier molecular flexibility index (Phi) is 3.98. The van der Waals surface area contributed by atoms with Crippen LogP contribution in [0.2, 0.25) is 0 Å². The van der Waals surface area contributed by atoms with Crippen LogP contribution >= 0.6 is 0 Å². The molecule has 0 bridgehead atoms. The summed E-state index contributed by atoms with van der Waals surface area (Å²) in [6.07, 6.45) is -6.46. The molecule has 0 aliphatic carbocycles. The number of fused-ring (bicyclic) bond motifs is 1. The molecule has 0 saturated heterocycles. The molecule has 2 aromatic rings. The van der Waals surface area contributed by atoms with Gasteiger partial charge in [0.25, 0.3) is 0 Å². The minimum atomic E-state index is -5.21. The van der Waals surface area contributed by atoms with Gasteiger partial charge in [-0.1, -0.05) is 0 Å². The molecule has 0 aliphatic rings. The fourth-order valence-corrected chi connectivity index (χ4v) is 2.05. The number of nitrogens with one attached hydrogen (secondary N) is 1. The van der Waals surface area contributed by atoms with E-state index in [1.807, 2.05) is 4.98 Å². The summed E-state index contributed by atoms with van der Waals surface area (Å²) in [5.74, 6) is 0.604. The highest BCUT2D eigenvalue weighted by Crippen LogP contribution is 2.41. The maximum atomic E-state index is 13.1. The van der Waals surface area contributed by atoms with Gasteiger partial charge >= 0.3 is 12.4 Å². The van der Waals surface area contributed by atoms with Crippen molar-refractivity contribution in [2.75, 3.05) is 0 Å². The Hall–Kier alpha value is -2.72. The van der Waals surface area contributed by atoms with Crippen LogP contribution in [0, 0.1) is 23.7 Å². The maximum Gasteiger partial charge on any atom is 0.425 e. The second kappa shape index (κ2) is 5.42. The van der Waals surface area contributed by atoms with Crippen molar-refractivity contribution in [2.24, 2.45) is 0 Å². The number of hydrogen-bond acceptors (Lipinski definition) is 3. The number of benzene rings is 1. The minimum Gasteiger partial charge on any atom is -0.373 e. The molecule has 2 N–H and O–H groups in total. The summed E-state index contributed by atoms with van der Waals surface area (Å²) in [6, 6.07) is 2.45. The number of terminal acetylenes is 1. The summed E-state index contributed by atoms with van der Waals surface area (Å²) < 4.78 is 77.9. The van der Waals surface area contributed by atoms with Gasteiger partial charge in [-0.15, -0.1) is 12.3 Å². The van der Waals surface area contributed by atoms with Crippen LogP contribution in [0.5, 0.6) is 0 Å². The molecule has 1 heterocycles. The summed E-state index contributed by atoms with van der Waals surface area (Å²) >= 11 is 0. The standard InChI is InChI=1S/C14H7F6N3O/c1-2-3-12(24,14(18,19)20)11-22-9-4-7(6-21)8(13(15,16)17)5-10(9)23-11/h1,4-5,24H,3H2,(H,22,23). The average molecular weight is 347 g/mol. The number of halogens is 6. The van der Waals surface area contributed by atoms with Crippen LogP contribution in [0.1, 0.15) is 23.4 Å². The molecule has 10 heteroatoms. The summed E-state index contributed by atoms with van der Waals surface area (Å²) in [5.41, 5.74) is -6.45. The molecule has 1 aromatic heterocycles. The highest BCUT2D eigenvalue weighted by atomic mass is 19.4. The SMILES string of the molecule is C#CCC(O)(c1nc2cc(C#N)c(C(F)(F)F)cc2[nH]1)C(F)(F)F. The lowest BCUT2D eigenvalue weighted by Gasteiger charge is -2.26. The molecular weight excluding hydrogens is 340 g/mol. The topological polar surface area (TPSA) is 72.7 Å². The second-order valence-corrected chi connectivity index (χ2v) is 4.85. The number of alkyl halides is 6. The maximum absolute atomic E-state index is 13.1. The molecule has 1 atom stereocenters. The van der Waals surface area contributed by atoms with Gasteiger partial charge in [-0.25, -0.2) is 4.98 Å². The zero-order chi connectivity index (χ0) is 18.3. The third-order valence-corrected chi connectivity index (χ3v) is 3.27. The molecule has 126 valence electrons. The van der Waals surface area contributed by atoms with Crippen LogP contribution in [0.25, 0.3) is 11.0 Å². The lowest BCUT2D eigenvalue weighted by atomic mass is 9.99. The number of rotatable bonds is 2. The van der Waals surface area contributed by atoms with Gasteiger partial charge in [0.1, 0.15) is 5.82 Å². The molecule has 0 spiro atoms. The van der Waals surface area contributed by atoms with E-state index in [0.717, 1.165) is 0 Å². The first-order chi connectivity index (χ1) is 10.9. The molecule has 0 aliphatic heterocycles. The highest BCUT2D eigenvalue weighted by Gasteiger charge is 2.56. The molecule has 0 amide bonds. The molecule has 2 rings (SSSR count). The molecule has 0 saturated carbocycles. The van der Waals surface area contributed by atoms with Gasteiger partial charge in [-0.3, -0.25) is 0 Å². The number of aliphatic hydroxyl groups is 1. The Morgan fingerprint density at radius 2 is 1.83 bits per heavy atom. The molecule has 0 radical (unpaired) electrons. The van der Waals surface area contributed by atoms with Crippen molar-refractivity contribution < 1.29 is 31.4 Å².